The highest BCUT2D eigenvalue weighted by atomic mass is 16.5. The van der Waals surface area contributed by atoms with Crippen molar-refractivity contribution in [3.8, 4) is 17.2 Å². The van der Waals surface area contributed by atoms with E-state index in [4.69, 9.17) is 14.2 Å². The van der Waals surface area contributed by atoms with Gasteiger partial charge >= 0.3 is 0 Å². The van der Waals surface area contributed by atoms with Crippen LogP contribution in [-0.4, -0.2) is 74.2 Å². The molecule has 0 bridgehead atoms. The molecule has 1 aromatic heterocycles. The van der Waals surface area contributed by atoms with E-state index in [0.717, 1.165) is 19.6 Å². The summed E-state index contributed by atoms with van der Waals surface area (Å²) in [7, 11) is 3.05. The zero-order chi connectivity index (χ0) is 22.5. The Labute approximate surface area is 185 Å². The highest BCUT2D eigenvalue weighted by Gasteiger charge is 2.19. The monoisotopic (exact) mass is 438 g/mol. The van der Waals surface area contributed by atoms with E-state index >= 15 is 0 Å². The Morgan fingerprint density at radius 1 is 1.09 bits per heavy atom. The standard InChI is InChI=1S/C23H26N4O5/c1-30-16-7-8-19(20(15-16)31-2)27-23(29)18-6-4-3-5-17(18)21(25-27)22(28)24-9-10-26-11-13-32-14-12-26/h3-8,15H,9-14H2,1-2H3,(H,24,28). The predicted molar refractivity (Wildman–Crippen MR) is 120 cm³/mol. The quantitative estimate of drug-likeness (QED) is 0.597. The average molecular weight is 438 g/mol. The number of morpholine rings is 1. The first-order valence-corrected chi connectivity index (χ1v) is 10.4. The van der Waals surface area contributed by atoms with Crippen molar-refractivity contribution in [2.45, 2.75) is 0 Å². The largest absolute Gasteiger partial charge is 0.497 e. The minimum absolute atomic E-state index is 0.181. The summed E-state index contributed by atoms with van der Waals surface area (Å²) in [6.45, 7) is 4.29. The predicted octanol–water partition coefficient (Wildman–Crippen LogP) is 1.46. The number of benzene rings is 2. The van der Waals surface area contributed by atoms with Crippen LogP contribution >= 0.6 is 0 Å². The van der Waals surface area contributed by atoms with E-state index in [1.807, 2.05) is 0 Å². The van der Waals surface area contributed by atoms with Crippen molar-refractivity contribution in [2.24, 2.45) is 0 Å². The third-order valence-corrected chi connectivity index (χ3v) is 5.45. The minimum Gasteiger partial charge on any atom is -0.497 e. The lowest BCUT2D eigenvalue weighted by Crippen LogP contribution is -2.41. The zero-order valence-electron chi connectivity index (χ0n) is 18.2. The maximum absolute atomic E-state index is 13.2. The fourth-order valence-corrected chi connectivity index (χ4v) is 3.72. The molecule has 9 heteroatoms. The molecule has 0 atom stereocenters. The topological polar surface area (TPSA) is 94.9 Å². The smallest absolute Gasteiger partial charge is 0.279 e. The summed E-state index contributed by atoms with van der Waals surface area (Å²) in [4.78, 5) is 28.5. The second kappa shape index (κ2) is 9.80. The molecule has 1 amide bonds. The molecule has 0 saturated carbocycles. The molecule has 1 saturated heterocycles. The fourth-order valence-electron chi connectivity index (χ4n) is 3.72. The molecule has 1 N–H and O–H groups in total. The van der Waals surface area contributed by atoms with E-state index in [9.17, 15) is 9.59 Å². The van der Waals surface area contributed by atoms with E-state index in [1.54, 1.807) is 49.6 Å². The highest BCUT2D eigenvalue weighted by Crippen LogP contribution is 2.27. The number of rotatable bonds is 7. The molecular weight excluding hydrogens is 412 g/mol. The van der Waals surface area contributed by atoms with Gasteiger partial charge in [-0.2, -0.15) is 9.78 Å². The van der Waals surface area contributed by atoms with Crippen LogP contribution in [0.25, 0.3) is 16.5 Å². The Balaban J connectivity index is 1.69. The summed E-state index contributed by atoms with van der Waals surface area (Å²) in [5.41, 5.74) is 0.264. The summed E-state index contributed by atoms with van der Waals surface area (Å²) in [6.07, 6.45) is 0. The van der Waals surface area contributed by atoms with Gasteiger partial charge in [-0.3, -0.25) is 14.5 Å². The number of methoxy groups -OCH3 is 2. The first kappa shape index (κ1) is 21.8. The minimum atomic E-state index is -0.339. The molecule has 0 radical (unpaired) electrons. The molecule has 1 fully saturated rings. The van der Waals surface area contributed by atoms with Crippen LogP contribution in [0.15, 0.2) is 47.3 Å². The molecule has 1 aliphatic heterocycles. The van der Waals surface area contributed by atoms with Crippen LogP contribution in [-0.2, 0) is 4.74 Å². The summed E-state index contributed by atoms with van der Waals surface area (Å²) < 4.78 is 17.2. The number of fused-ring (bicyclic) bond motifs is 1. The van der Waals surface area contributed by atoms with E-state index in [1.165, 1.54) is 11.8 Å². The molecule has 9 nitrogen and oxygen atoms in total. The van der Waals surface area contributed by atoms with Crippen molar-refractivity contribution >= 4 is 16.7 Å². The maximum Gasteiger partial charge on any atom is 0.279 e. The zero-order valence-corrected chi connectivity index (χ0v) is 18.2. The number of carbonyl (C=O) groups excluding carboxylic acids is 1. The molecule has 0 unspecified atom stereocenters. The first-order valence-electron chi connectivity index (χ1n) is 10.4. The Morgan fingerprint density at radius 3 is 2.56 bits per heavy atom. The van der Waals surface area contributed by atoms with Gasteiger partial charge in [0.2, 0.25) is 0 Å². The number of nitrogens with zero attached hydrogens (tertiary/aromatic N) is 3. The van der Waals surface area contributed by atoms with E-state index < -0.39 is 0 Å². The summed E-state index contributed by atoms with van der Waals surface area (Å²) in [5, 5.41) is 8.28. The number of ether oxygens (including phenoxy) is 3. The van der Waals surface area contributed by atoms with E-state index in [-0.39, 0.29) is 17.2 Å². The molecule has 2 aromatic carbocycles. The second-order valence-corrected chi connectivity index (χ2v) is 7.36. The molecule has 4 rings (SSSR count). The maximum atomic E-state index is 13.2. The molecule has 1 aliphatic rings. The molecule has 0 spiro atoms. The normalized spacial score (nSPS) is 14.3. The van der Waals surface area contributed by atoms with Crippen molar-refractivity contribution in [2.75, 3.05) is 53.6 Å². The van der Waals surface area contributed by atoms with Gasteiger partial charge in [-0.1, -0.05) is 18.2 Å². The van der Waals surface area contributed by atoms with Gasteiger partial charge < -0.3 is 19.5 Å². The lowest BCUT2D eigenvalue weighted by molar-refractivity contribution is 0.0383. The van der Waals surface area contributed by atoms with Gasteiger partial charge in [0.05, 0.1) is 32.8 Å². The summed E-state index contributed by atoms with van der Waals surface area (Å²) in [6, 6.07) is 12.0. The van der Waals surface area contributed by atoms with Crippen LogP contribution < -0.4 is 20.3 Å². The van der Waals surface area contributed by atoms with Crippen LogP contribution in [0, 0.1) is 0 Å². The number of nitrogens with one attached hydrogen (secondary N) is 1. The van der Waals surface area contributed by atoms with Crippen LogP contribution in [0.3, 0.4) is 0 Å². The SMILES string of the molecule is COc1ccc(-n2nc(C(=O)NCCN3CCOCC3)c3ccccc3c2=O)c(OC)c1. The van der Waals surface area contributed by atoms with Crippen LogP contribution in [0.1, 0.15) is 10.5 Å². The van der Waals surface area contributed by atoms with Gasteiger partial charge in [-0.15, -0.1) is 0 Å². The van der Waals surface area contributed by atoms with Crippen LogP contribution in [0.5, 0.6) is 11.5 Å². The highest BCUT2D eigenvalue weighted by molar-refractivity contribution is 6.04. The Kier molecular flexibility index (Phi) is 6.67. The van der Waals surface area contributed by atoms with Gasteiger partial charge in [0.25, 0.3) is 11.5 Å². The molecule has 32 heavy (non-hydrogen) atoms. The number of carbonyl (C=O) groups is 1. The van der Waals surface area contributed by atoms with Crippen molar-refractivity contribution in [3.63, 3.8) is 0 Å². The number of amides is 1. The van der Waals surface area contributed by atoms with Crippen molar-refractivity contribution in [3.05, 3.63) is 58.5 Å². The lowest BCUT2D eigenvalue weighted by atomic mass is 10.1. The van der Waals surface area contributed by atoms with Crippen molar-refractivity contribution < 1.29 is 19.0 Å². The fraction of sp³-hybridized carbons (Fsp3) is 0.348. The Hall–Kier alpha value is -3.43. The lowest BCUT2D eigenvalue weighted by Gasteiger charge is -2.26. The van der Waals surface area contributed by atoms with Crippen LogP contribution in [0.4, 0.5) is 0 Å². The van der Waals surface area contributed by atoms with Crippen molar-refractivity contribution in [1.82, 2.24) is 20.0 Å². The second-order valence-electron chi connectivity index (χ2n) is 7.36. The van der Waals surface area contributed by atoms with Gasteiger partial charge in [0.1, 0.15) is 17.2 Å². The average Bonchev–Trinajstić information content (AvgIpc) is 2.84. The molecule has 3 aromatic rings. The molecule has 0 aliphatic carbocycles. The van der Waals surface area contributed by atoms with E-state index in [0.29, 0.717) is 47.7 Å². The first-order chi connectivity index (χ1) is 15.6. The number of hydrogen-bond acceptors (Lipinski definition) is 7. The number of hydrogen-bond donors (Lipinski definition) is 1. The summed E-state index contributed by atoms with van der Waals surface area (Å²) in [5.74, 6) is 0.657. The Bertz CT molecular complexity index is 1170. The number of aromatic nitrogens is 2. The third kappa shape index (κ3) is 4.44. The third-order valence-electron chi connectivity index (χ3n) is 5.45. The van der Waals surface area contributed by atoms with E-state index in [2.05, 4.69) is 15.3 Å². The van der Waals surface area contributed by atoms with Crippen LogP contribution in [0.2, 0.25) is 0 Å². The summed E-state index contributed by atoms with van der Waals surface area (Å²) >= 11 is 0. The molecule has 168 valence electrons. The van der Waals surface area contributed by atoms with Crippen molar-refractivity contribution in [1.29, 1.82) is 0 Å². The van der Waals surface area contributed by atoms with Gasteiger partial charge in [0.15, 0.2) is 5.69 Å². The Morgan fingerprint density at radius 2 is 1.84 bits per heavy atom. The van der Waals surface area contributed by atoms with Gasteiger partial charge in [-0.25, -0.2) is 0 Å². The van der Waals surface area contributed by atoms with Gasteiger partial charge in [0, 0.05) is 37.6 Å². The molecular formula is C23H26N4O5. The van der Waals surface area contributed by atoms with Gasteiger partial charge in [-0.05, 0) is 18.2 Å². The molecule has 2 heterocycles.